The molecule has 0 spiro atoms. The Kier molecular flexibility index (Phi) is 6.67. The summed E-state index contributed by atoms with van der Waals surface area (Å²) in [6.07, 6.45) is 0. The Balaban J connectivity index is 2.15. The number of halogens is 2. The van der Waals surface area contributed by atoms with Gasteiger partial charge in [-0.1, -0.05) is 24.3 Å². The van der Waals surface area contributed by atoms with Crippen LogP contribution in [0.15, 0.2) is 65.6 Å². The summed E-state index contributed by atoms with van der Waals surface area (Å²) < 4.78 is 24.6. The summed E-state index contributed by atoms with van der Waals surface area (Å²) in [6, 6.07) is 21.0. The van der Waals surface area contributed by atoms with Gasteiger partial charge in [0, 0.05) is 24.3 Å². The smallest absolute Gasteiger partial charge is 0.127 e. The van der Waals surface area contributed by atoms with Crippen molar-refractivity contribution in [1.29, 1.82) is 0 Å². The highest BCUT2D eigenvalue weighted by atomic mass is 127. The van der Waals surface area contributed by atoms with Crippen LogP contribution in [0.3, 0.4) is 0 Å². The van der Waals surface area contributed by atoms with E-state index in [1.165, 1.54) is 7.14 Å². The molecule has 4 aromatic carbocycles. The van der Waals surface area contributed by atoms with Crippen LogP contribution in [0.1, 0.15) is 13.8 Å². The van der Waals surface area contributed by atoms with E-state index >= 15 is 0 Å². The van der Waals surface area contributed by atoms with Gasteiger partial charge in [-0.25, -0.2) is 8.93 Å². The van der Waals surface area contributed by atoms with Gasteiger partial charge in [0.15, 0.2) is 0 Å². The Morgan fingerprint density at radius 3 is 1.97 bits per heavy atom. The first-order chi connectivity index (χ1) is 14.4. The van der Waals surface area contributed by atoms with Crippen molar-refractivity contribution in [2.75, 3.05) is 7.11 Å². The predicted octanol–water partition coefficient (Wildman–Crippen LogP) is 6.90. The lowest BCUT2D eigenvalue weighted by Crippen LogP contribution is -2.25. The highest BCUT2D eigenvalue weighted by molar-refractivity contribution is 14.1. The van der Waals surface area contributed by atoms with Crippen LogP contribution in [0.4, 0.5) is 0 Å². The first-order valence-electron chi connectivity index (χ1n) is 9.56. The largest absolute Gasteiger partial charge is 0.496 e. The van der Waals surface area contributed by atoms with Crippen molar-refractivity contribution in [2.24, 2.45) is 0 Å². The summed E-state index contributed by atoms with van der Waals surface area (Å²) in [5.74, 6) is 0.776. The van der Waals surface area contributed by atoms with Crippen molar-refractivity contribution in [3.8, 4) is 16.9 Å². The molecule has 0 aliphatic rings. The van der Waals surface area contributed by atoms with Crippen LogP contribution in [0.25, 0.3) is 32.7 Å². The highest BCUT2D eigenvalue weighted by Crippen LogP contribution is 2.43. The van der Waals surface area contributed by atoms with Crippen LogP contribution in [-0.2, 0) is 11.0 Å². The molecule has 1 N–H and O–H groups in total. The van der Waals surface area contributed by atoms with E-state index in [0.29, 0.717) is 0 Å². The molecule has 0 saturated carbocycles. The number of benzene rings is 4. The molecule has 0 amide bonds. The summed E-state index contributed by atoms with van der Waals surface area (Å²) >= 11 is 4.66. The van der Waals surface area contributed by atoms with Crippen molar-refractivity contribution in [2.45, 2.75) is 24.8 Å². The van der Waals surface area contributed by atoms with Gasteiger partial charge in [-0.3, -0.25) is 0 Å². The fourth-order valence-electron chi connectivity index (χ4n) is 3.68. The van der Waals surface area contributed by atoms with E-state index in [9.17, 15) is 4.21 Å². The van der Waals surface area contributed by atoms with Gasteiger partial charge in [0.1, 0.15) is 16.7 Å². The first-order valence-corrected chi connectivity index (χ1v) is 12.9. The number of nitrogens with one attached hydrogen (secondary N) is 1. The Hall–Kier alpha value is -1.23. The van der Waals surface area contributed by atoms with Crippen LogP contribution in [-0.4, -0.2) is 17.4 Å². The van der Waals surface area contributed by atoms with Gasteiger partial charge < -0.3 is 4.74 Å². The summed E-state index contributed by atoms with van der Waals surface area (Å²) in [5.41, 5.74) is 1.94. The lowest BCUT2D eigenvalue weighted by molar-refractivity contribution is 0.417. The number of rotatable bonds is 5. The van der Waals surface area contributed by atoms with Gasteiger partial charge in [-0.2, -0.15) is 0 Å². The molecule has 0 radical (unpaired) electrons. The summed E-state index contributed by atoms with van der Waals surface area (Å²) in [7, 11) is 0.336. The third-order valence-corrected chi connectivity index (χ3v) is 7.67. The van der Waals surface area contributed by atoms with Crippen LogP contribution >= 0.6 is 45.2 Å². The molecule has 0 bridgehead atoms. The van der Waals surface area contributed by atoms with Gasteiger partial charge >= 0.3 is 0 Å². The second kappa shape index (κ2) is 9.10. The second-order valence-electron chi connectivity index (χ2n) is 7.35. The molecule has 0 aromatic heterocycles. The van der Waals surface area contributed by atoms with Gasteiger partial charge in [-0.05, 0) is 117 Å². The molecule has 4 rings (SSSR count). The van der Waals surface area contributed by atoms with Crippen LogP contribution in [0.5, 0.6) is 5.75 Å². The molecule has 0 heterocycles. The van der Waals surface area contributed by atoms with E-state index in [2.05, 4.69) is 98.4 Å². The lowest BCUT2D eigenvalue weighted by atomic mass is 9.93. The van der Waals surface area contributed by atoms with E-state index < -0.39 is 11.0 Å². The maximum absolute atomic E-state index is 13.3. The summed E-state index contributed by atoms with van der Waals surface area (Å²) in [6.45, 7) is 4.00. The van der Waals surface area contributed by atoms with Gasteiger partial charge in [0.25, 0.3) is 0 Å². The molecule has 1 unspecified atom stereocenters. The average molecular weight is 641 g/mol. The zero-order chi connectivity index (χ0) is 21.4. The fourth-order valence-corrected chi connectivity index (χ4v) is 5.85. The van der Waals surface area contributed by atoms with E-state index in [-0.39, 0.29) is 6.04 Å². The van der Waals surface area contributed by atoms with Crippen molar-refractivity contribution in [1.82, 2.24) is 4.72 Å². The number of methoxy groups -OCH3 is 1. The fraction of sp³-hybridized carbons (Fsp3) is 0.167. The lowest BCUT2D eigenvalue weighted by Gasteiger charge is -2.19. The topological polar surface area (TPSA) is 38.3 Å². The highest BCUT2D eigenvalue weighted by Gasteiger charge is 2.21. The minimum atomic E-state index is -1.35. The van der Waals surface area contributed by atoms with Crippen LogP contribution in [0, 0.1) is 7.14 Å². The monoisotopic (exact) mass is 641 g/mol. The molecular weight excluding hydrogens is 620 g/mol. The normalized spacial score (nSPS) is 12.6. The molecule has 4 aromatic rings. The maximum atomic E-state index is 13.3. The third-order valence-electron chi connectivity index (χ3n) is 4.90. The minimum Gasteiger partial charge on any atom is -0.496 e. The molecule has 3 nitrogen and oxygen atoms in total. The number of hydrogen-bond acceptors (Lipinski definition) is 2. The Morgan fingerprint density at radius 1 is 0.833 bits per heavy atom. The predicted molar refractivity (Wildman–Crippen MR) is 144 cm³/mol. The minimum absolute atomic E-state index is 0.0992. The number of hydrogen-bond donors (Lipinski definition) is 1. The Labute approximate surface area is 206 Å². The van der Waals surface area contributed by atoms with Crippen molar-refractivity contribution >= 4 is 77.7 Å². The molecule has 6 heteroatoms. The zero-order valence-corrected chi connectivity index (χ0v) is 22.0. The molecular formula is C24H21I2NO2S. The standard InChI is InChI=1S/C24H21I2NO2S/c1-14(2)27-30(28)22-11-5-16-13-18(26)7-9-20(16)24(22)23-19-8-6-17(25)12-15(19)4-10-21(23)29-3/h4-14,27H,1-3H3. The summed E-state index contributed by atoms with van der Waals surface area (Å²) in [4.78, 5) is 0.766. The Bertz CT molecular complexity index is 1290. The van der Waals surface area contributed by atoms with Gasteiger partial charge in [-0.15, -0.1) is 0 Å². The van der Waals surface area contributed by atoms with Crippen LogP contribution in [0.2, 0.25) is 0 Å². The SMILES string of the molecule is COc1ccc2cc(I)ccc2c1-c1c(S(=O)NC(C)C)ccc2cc(I)ccc12. The molecule has 0 saturated heterocycles. The maximum Gasteiger partial charge on any atom is 0.127 e. The van der Waals surface area contributed by atoms with E-state index in [0.717, 1.165) is 43.3 Å². The number of ether oxygens (including phenoxy) is 1. The molecule has 30 heavy (non-hydrogen) atoms. The zero-order valence-electron chi connectivity index (χ0n) is 16.8. The van der Waals surface area contributed by atoms with Crippen molar-refractivity contribution < 1.29 is 8.95 Å². The third kappa shape index (κ3) is 4.24. The molecule has 1 atom stereocenters. The van der Waals surface area contributed by atoms with Crippen molar-refractivity contribution in [3.05, 3.63) is 67.8 Å². The van der Waals surface area contributed by atoms with E-state index in [1.54, 1.807) is 7.11 Å². The molecule has 0 aliphatic carbocycles. The average Bonchev–Trinajstić information content (AvgIpc) is 2.71. The second-order valence-corrected chi connectivity index (χ2v) is 11.1. The summed E-state index contributed by atoms with van der Waals surface area (Å²) in [5, 5.41) is 4.40. The number of fused-ring (bicyclic) bond motifs is 2. The van der Waals surface area contributed by atoms with Crippen LogP contribution < -0.4 is 9.46 Å². The molecule has 0 aliphatic heterocycles. The first kappa shape index (κ1) is 22.0. The van der Waals surface area contributed by atoms with Crippen molar-refractivity contribution in [3.63, 3.8) is 0 Å². The van der Waals surface area contributed by atoms with E-state index in [4.69, 9.17) is 4.74 Å². The Morgan fingerprint density at radius 2 is 1.40 bits per heavy atom. The molecule has 154 valence electrons. The quantitative estimate of drug-likeness (QED) is 0.241. The van der Waals surface area contributed by atoms with E-state index in [1.807, 2.05) is 26.0 Å². The van der Waals surface area contributed by atoms with Gasteiger partial charge in [0.05, 0.1) is 12.0 Å². The van der Waals surface area contributed by atoms with Gasteiger partial charge in [0.2, 0.25) is 0 Å². The molecule has 0 fully saturated rings.